The Labute approximate surface area is 102 Å². The Hall–Kier alpha value is -1.36. The molecule has 0 saturated heterocycles. The van der Waals surface area contributed by atoms with Gasteiger partial charge in [-0.05, 0) is 35.8 Å². The first-order valence-corrected chi connectivity index (χ1v) is 5.65. The van der Waals surface area contributed by atoms with Gasteiger partial charge < -0.3 is 9.42 Å². The predicted molar refractivity (Wildman–Crippen MR) is 66.5 cm³/mol. The summed E-state index contributed by atoms with van der Waals surface area (Å²) < 4.78 is 6.26. The highest BCUT2D eigenvalue weighted by Gasteiger charge is 2.10. The van der Waals surface area contributed by atoms with Gasteiger partial charge in [-0.25, -0.2) is 0 Å². The van der Waals surface area contributed by atoms with E-state index in [1.54, 1.807) is 4.90 Å². The molecule has 0 spiro atoms. The van der Waals surface area contributed by atoms with Gasteiger partial charge in [0, 0.05) is 24.1 Å². The van der Waals surface area contributed by atoms with Gasteiger partial charge in [-0.3, -0.25) is 0 Å². The molecule has 0 saturated carbocycles. The molecule has 0 fully saturated rings. The van der Waals surface area contributed by atoms with Gasteiger partial charge in [-0.2, -0.15) is 4.98 Å². The van der Waals surface area contributed by atoms with Gasteiger partial charge in [0.1, 0.15) is 0 Å². The minimum absolute atomic E-state index is 0.541. The van der Waals surface area contributed by atoms with Crippen molar-refractivity contribution >= 4 is 21.9 Å². The maximum Gasteiger partial charge on any atom is 0.265 e. The monoisotopic (exact) mass is 281 g/mol. The SMILES string of the molecule is Cc1cc(-c2nc(N(C)C)no2)ccc1Br. The van der Waals surface area contributed by atoms with Crippen LogP contribution in [0, 0.1) is 6.92 Å². The van der Waals surface area contributed by atoms with Crippen molar-refractivity contribution in [1.82, 2.24) is 10.1 Å². The van der Waals surface area contributed by atoms with E-state index >= 15 is 0 Å². The lowest BCUT2D eigenvalue weighted by Crippen LogP contribution is -2.09. The van der Waals surface area contributed by atoms with Crippen molar-refractivity contribution in [1.29, 1.82) is 0 Å². The summed E-state index contributed by atoms with van der Waals surface area (Å²) in [5, 5.41) is 3.87. The molecule has 5 heteroatoms. The molecular weight excluding hydrogens is 270 g/mol. The van der Waals surface area contributed by atoms with Crippen LogP contribution < -0.4 is 4.90 Å². The van der Waals surface area contributed by atoms with Crippen LogP contribution in [0.5, 0.6) is 0 Å². The van der Waals surface area contributed by atoms with E-state index in [0.29, 0.717) is 11.8 Å². The zero-order valence-electron chi connectivity index (χ0n) is 9.36. The van der Waals surface area contributed by atoms with Crippen molar-refractivity contribution in [2.75, 3.05) is 19.0 Å². The van der Waals surface area contributed by atoms with Gasteiger partial charge in [0.15, 0.2) is 0 Å². The van der Waals surface area contributed by atoms with Crippen molar-refractivity contribution in [3.8, 4) is 11.5 Å². The van der Waals surface area contributed by atoms with Crippen molar-refractivity contribution in [3.63, 3.8) is 0 Å². The van der Waals surface area contributed by atoms with Crippen LogP contribution in [0.15, 0.2) is 27.2 Å². The summed E-state index contributed by atoms with van der Waals surface area (Å²) in [4.78, 5) is 6.09. The quantitative estimate of drug-likeness (QED) is 0.849. The minimum atomic E-state index is 0.541. The molecule has 0 bridgehead atoms. The van der Waals surface area contributed by atoms with Gasteiger partial charge in [0.2, 0.25) is 0 Å². The van der Waals surface area contributed by atoms with Crippen LogP contribution in [0.4, 0.5) is 5.95 Å². The molecule has 2 rings (SSSR count). The largest absolute Gasteiger partial charge is 0.344 e. The maximum atomic E-state index is 5.19. The van der Waals surface area contributed by atoms with E-state index in [4.69, 9.17) is 4.52 Å². The van der Waals surface area contributed by atoms with E-state index in [1.807, 2.05) is 39.2 Å². The Balaban J connectivity index is 2.39. The fourth-order valence-corrected chi connectivity index (χ4v) is 1.54. The molecule has 2 aromatic rings. The highest BCUT2D eigenvalue weighted by molar-refractivity contribution is 9.10. The Morgan fingerprint density at radius 3 is 2.62 bits per heavy atom. The topological polar surface area (TPSA) is 42.2 Å². The molecule has 1 aromatic carbocycles. The van der Waals surface area contributed by atoms with Crippen LogP contribution in [0.3, 0.4) is 0 Å². The standard InChI is InChI=1S/C11H12BrN3O/c1-7-6-8(4-5-9(7)12)10-13-11(14-16-10)15(2)3/h4-6H,1-3H3. The second-order valence-corrected chi connectivity index (χ2v) is 4.61. The summed E-state index contributed by atoms with van der Waals surface area (Å²) in [7, 11) is 3.75. The fraction of sp³-hybridized carbons (Fsp3) is 0.273. The molecule has 0 unspecified atom stereocenters. The van der Waals surface area contributed by atoms with Crippen LogP contribution in [-0.4, -0.2) is 24.2 Å². The summed E-state index contributed by atoms with van der Waals surface area (Å²) in [6.45, 7) is 2.02. The number of hydrogen-bond acceptors (Lipinski definition) is 4. The average molecular weight is 282 g/mol. The van der Waals surface area contributed by atoms with Gasteiger partial charge in [0.05, 0.1) is 0 Å². The summed E-state index contributed by atoms with van der Waals surface area (Å²) in [5.41, 5.74) is 2.07. The third-order valence-electron chi connectivity index (χ3n) is 2.22. The summed E-state index contributed by atoms with van der Waals surface area (Å²) in [5.74, 6) is 1.12. The highest BCUT2D eigenvalue weighted by Crippen LogP contribution is 2.24. The predicted octanol–water partition coefficient (Wildman–Crippen LogP) is 2.87. The molecule has 0 radical (unpaired) electrons. The Morgan fingerprint density at radius 2 is 2.06 bits per heavy atom. The number of benzene rings is 1. The van der Waals surface area contributed by atoms with Crippen LogP contribution >= 0.6 is 15.9 Å². The number of aryl methyl sites for hydroxylation is 1. The van der Waals surface area contributed by atoms with Gasteiger partial charge in [0.25, 0.3) is 11.8 Å². The number of nitrogens with zero attached hydrogens (tertiary/aromatic N) is 3. The second kappa shape index (κ2) is 4.25. The number of halogens is 1. The lowest BCUT2D eigenvalue weighted by atomic mass is 10.1. The molecule has 16 heavy (non-hydrogen) atoms. The summed E-state index contributed by atoms with van der Waals surface area (Å²) in [6.07, 6.45) is 0. The molecule has 0 amide bonds. The number of anilines is 1. The van der Waals surface area contributed by atoms with Crippen molar-refractivity contribution in [2.24, 2.45) is 0 Å². The molecule has 1 aromatic heterocycles. The van der Waals surface area contributed by atoms with Gasteiger partial charge >= 0.3 is 0 Å². The second-order valence-electron chi connectivity index (χ2n) is 3.76. The Morgan fingerprint density at radius 1 is 1.31 bits per heavy atom. The third kappa shape index (κ3) is 2.09. The molecule has 1 heterocycles. The van der Waals surface area contributed by atoms with Gasteiger partial charge in [-0.1, -0.05) is 15.9 Å². The van der Waals surface area contributed by atoms with Crippen molar-refractivity contribution in [3.05, 3.63) is 28.2 Å². The molecule has 0 aliphatic carbocycles. The average Bonchev–Trinajstić information content (AvgIpc) is 2.71. The Bertz CT molecular complexity index is 508. The van der Waals surface area contributed by atoms with E-state index in [-0.39, 0.29) is 0 Å². The minimum Gasteiger partial charge on any atom is -0.344 e. The number of aromatic nitrogens is 2. The zero-order valence-corrected chi connectivity index (χ0v) is 10.9. The fourth-order valence-electron chi connectivity index (χ4n) is 1.29. The first-order valence-electron chi connectivity index (χ1n) is 4.85. The summed E-state index contributed by atoms with van der Waals surface area (Å²) in [6, 6.07) is 5.94. The maximum absolute atomic E-state index is 5.19. The van der Waals surface area contributed by atoms with E-state index in [2.05, 4.69) is 26.1 Å². The molecule has 4 nitrogen and oxygen atoms in total. The molecule has 0 atom stereocenters. The van der Waals surface area contributed by atoms with E-state index < -0.39 is 0 Å². The van der Waals surface area contributed by atoms with Crippen LogP contribution in [0.2, 0.25) is 0 Å². The third-order valence-corrected chi connectivity index (χ3v) is 3.11. The van der Waals surface area contributed by atoms with Crippen molar-refractivity contribution < 1.29 is 4.52 Å². The van der Waals surface area contributed by atoms with E-state index in [9.17, 15) is 0 Å². The molecular formula is C11H12BrN3O. The van der Waals surface area contributed by atoms with Crippen molar-refractivity contribution in [2.45, 2.75) is 6.92 Å². The van der Waals surface area contributed by atoms with Gasteiger partial charge in [-0.15, -0.1) is 0 Å². The molecule has 0 aliphatic rings. The first kappa shape index (κ1) is 11.1. The van der Waals surface area contributed by atoms with Crippen LogP contribution in [-0.2, 0) is 0 Å². The zero-order chi connectivity index (χ0) is 11.7. The molecule has 0 aliphatic heterocycles. The van der Waals surface area contributed by atoms with E-state index in [0.717, 1.165) is 15.6 Å². The van der Waals surface area contributed by atoms with Crippen LogP contribution in [0.25, 0.3) is 11.5 Å². The number of rotatable bonds is 2. The lowest BCUT2D eigenvalue weighted by Gasteiger charge is -2.02. The smallest absolute Gasteiger partial charge is 0.265 e. The highest BCUT2D eigenvalue weighted by atomic mass is 79.9. The normalized spacial score (nSPS) is 10.5. The van der Waals surface area contributed by atoms with E-state index in [1.165, 1.54) is 0 Å². The summed E-state index contributed by atoms with van der Waals surface area (Å²) >= 11 is 3.46. The lowest BCUT2D eigenvalue weighted by molar-refractivity contribution is 0.431. The number of hydrogen-bond donors (Lipinski definition) is 0. The molecule has 0 N–H and O–H groups in total. The molecule has 84 valence electrons. The van der Waals surface area contributed by atoms with Crippen LogP contribution in [0.1, 0.15) is 5.56 Å². The first-order chi connectivity index (χ1) is 7.58. The Kier molecular flexibility index (Phi) is 2.96.